The standard InChI is InChI=1S/C14H16ClFN2O3/c1-21-14(20)18-7-3-4-9(8-18)13(19)17-11-6-2-5-10(16)12(11)15/h2,5-6,9H,3-4,7-8H2,1H3,(H,17,19)/t9-/m0/s1. The second-order valence-electron chi connectivity index (χ2n) is 4.85. The van der Waals surface area contributed by atoms with Crippen LogP contribution in [0.25, 0.3) is 0 Å². The number of nitrogens with one attached hydrogen (secondary N) is 1. The number of ether oxygens (including phenoxy) is 1. The van der Waals surface area contributed by atoms with E-state index >= 15 is 0 Å². The number of methoxy groups -OCH3 is 1. The SMILES string of the molecule is COC(=O)N1CCC[C@H](C(=O)Nc2cccc(F)c2Cl)C1. The number of nitrogens with zero attached hydrogens (tertiary/aromatic N) is 1. The van der Waals surface area contributed by atoms with Crippen LogP contribution < -0.4 is 5.32 Å². The molecule has 1 N–H and O–H groups in total. The van der Waals surface area contributed by atoms with Gasteiger partial charge in [-0.15, -0.1) is 0 Å². The third kappa shape index (κ3) is 3.64. The smallest absolute Gasteiger partial charge is 0.409 e. The fourth-order valence-electron chi connectivity index (χ4n) is 2.32. The second-order valence-corrected chi connectivity index (χ2v) is 5.22. The van der Waals surface area contributed by atoms with Gasteiger partial charge in [0, 0.05) is 13.1 Å². The monoisotopic (exact) mass is 314 g/mol. The first-order valence-corrected chi connectivity index (χ1v) is 6.98. The molecule has 5 nitrogen and oxygen atoms in total. The highest BCUT2D eigenvalue weighted by atomic mass is 35.5. The van der Waals surface area contributed by atoms with Gasteiger partial charge in [-0.25, -0.2) is 9.18 Å². The number of amides is 2. The van der Waals surface area contributed by atoms with Gasteiger partial charge in [0.05, 0.1) is 23.7 Å². The summed E-state index contributed by atoms with van der Waals surface area (Å²) in [5.74, 6) is -1.23. The highest BCUT2D eigenvalue weighted by Crippen LogP contribution is 2.26. The number of rotatable bonds is 2. The number of carbonyl (C=O) groups is 2. The lowest BCUT2D eigenvalue weighted by molar-refractivity contribution is -0.121. The fraction of sp³-hybridized carbons (Fsp3) is 0.429. The number of halogens is 2. The van der Waals surface area contributed by atoms with E-state index in [2.05, 4.69) is 10.1 Å². The molecule has 0 spiro atoms. The van der Waals surface area contributed by atoms with Gasteiger partial charge < -0.3 is 15.0 Å². The molecule has 1 aliphatic heterocycles. The van der Waals surface area contributed by atoms with Crippen LogP contribution in [0.1, 0.15) is 12.8 Å². The fourth-order valence-corrected chi connectivity index (χ4v) is 2.49. The molecule has 1 aliphatic rings. The van der Waals surface area contributed by atoms with Crippen LogP contribution in [0.2, 0.25) is 5.02 Å². The molecular weight excluding hydrogens is 299 g/mol. The van der Waals surface area contributed by atoms with E-state index in [-0.39, 0.29) is 29.1 Å². The van der Waals surface area contributed by atoms with Gasteiger partial charge in [0.2, 0.25) is 5.91 Å². The maximum Gasteiger partial charge on any atom is 0.409 e. The van der Waals surface area contributed by atoms with Gasteiger partial charge in [-0.1, -0.05) is 17.7 Å². The van der Waals surface area contributed by atoms with Gasteiger partial charge in [-0.05, 0) is 25.0 Å². The molecule has 0 saturated carbocycles. The summed E-state index contributed by atoms with van der Waals surface area (Å²) in [5, 5.41) is 2.49. The van der Waals surface area contributed by atoms with E-state index in [1.165, 1.54) is 30.2 Å². The van der Waals surface area contributed by atoms with Gasteiger partial charge in [-0.3, -0.25) is 4.79 Å². The molecule has 1 atom stereocenters. The molecule has 1 heterocycles. The maximum atomic E-state index is 13.3. The topological polar surface area (TPSA) is 58.6 Å². The van der Waals surface area contributed by atoms with E-state index in [4.69, 9.17) is 11.6 Å². The predicted octanol–water partition coefficient (Wildman–Crippen LogP) is 2.90. The third-order valence-corrected chi connectivity index (χ3v) is 3.82. The molecule has 0 aromatic heterocycles. The molecule has 21 heavy (non-hydrogen) atoms. The van der Waals surface area contributed by atoms with Crippen molar-refractivity contribution in [3.8, 4) is 0 Å². The lowest BCUT2D eigenvalue weighted by Gasteiger charge is -2.30. The molecule has 2 amide bonds. The summed E-state index contributed by atoms with van der Waals surface area (Å²) in [7, 11) is 1.30. The van der Waals surface area contributed by atoms with Crippen LogP contribution in [-0.4, -0.2) is 37.1 Å². The molecule has 7 heteroatoms. The van der Waals surface area contributed by atoms with Crippen LogP contribution in [0.4, 0.5) is 14.9 Å². The molecular formula is C14H16ClFN2O3. The zero-order valence-electron chi connectivity index (χ0n) is 11.6. The number of likely N-dealkylation sites (tertiary alicyclic amines) is 1. The van der Waals surface area contributed by atoms with Crippen molar-refractivity contribution in [2.24, 2.45) is 5.92 Å². The molecule has 1 saturated heterocycles. The van der Waals surface area contributed by atoms with Crippen molar-refractivity contribution >= 4 is 29.3 Å². The van der Waals surface area contributed by atoms with E-state index in [0.717, 1.165) is 0 Å². The first-order valence-electron chi connectivity index (χ1n) is 6.60. The first kappa shape index (κ1) is 15.6. The average Bonchev–Trinajstić information content (AvgIpc) is 2.51. The molecule has 0 unspecified atom stereocenters. The zero-order chi connectivity index (χ0) is 15.4. The minimum atomic E-state index is -0.589. The van der Waals surface area contributed by atoms with Crippen molar-refractivity contribution in [1.29, 1.82) is 0 Å². The summed E-state index contributed by atoms with van der Waals surface area (Å²) in [6.07, 6.45) is 0.923. The molecule has 1 aromatic rings. The third-order valence-electron chi connectivity index (χ3n) is 3.43. The van der Waals surface area contributed by atoms with Crippen molar-refractivity contribution in [2.75, 3.05) is 25.5 Å². The first-order chi connectivity index (χ1) is 10.0. The molecule has 114 valence electrons. The van der Waals surface area contributed by atoms with Gasteiger partial charge in [0.15, 0.2) is 0 Å². The van der Waals surface area contributed by atoms with Gasteiger partial charge in [0.1, 0.15) is 5.82 Å². The lowest BCUT2D eigenvalue weighted by atomic mass is 9.97. The van der Waals surface area contributed by atoms with Crippen molar-refractivity contribution < 1.29 is 18.7 Å². The van der Waals surface area contributed by atoms with Crippen LogP contribution in [0.5, 0.6) is 0 Å². The summed E-state index contributed by atoms with van der Waals surface area (Å²) < 4.78 is 18.0. The van der Waals surface area contributed by atoms with Crippen LogP contribution in [-0.2, 0) is 9.53 Å². The van der Waals surface area contributed by atoms with E-state index in [1.807, 2.05) is 0 Å². The minimum absolute atomic E-state index is 0.119. The van der Waals surface area contributed by atoms with E-state index in [9.17, 15) is 14.0 Å². The van der Waals surface area contributed by atoms with E-state index in [1.54, 1.807) is 0 Å². The Kier molecular flexibility index (Phi) is 5.01. The lowest BCUT2D eigenvalue weighted by Crippen LogP contribution is -2.43. The Morgan fingerprint density at radius 2 is 2.24 bits per heavy atom. The Hall–Kier alpha value is -1.82. The summed E-state index contributed by atoms with van der Waals surface area (Å²) in [6, 6.07) is 4.22. The maximum absolute atomic E-state index is 13.3. The van der Waals surface area contributed by atoms with E-state index in [0.29, 0.717) is 19.4 Å². The molecule has 2 rings (SSSR count). The molecule has 1 aromatic carbocycles. The number of hydrogen-bond acceptors (Lipinski definition) is 3. The quantitative estimate of drug-likeness (QED) is 0.913. The Morgan fingerprint density at radius 3 is 2.95 bits per heavy atom. The Morgan fingerprint density at radius 1 is 1.48 bits per heavy atom. The number of anilines is 1. The molecule has 0 aliphatic carbocycles. The largest absolute Gasteiger partial charge is 0.453 e. The van der Waals surface area contributed by atoms with Crippen molar-refractivity contribution in [3.05, 3.63) is 29.0 Å². The summed E-state index contributed by atoms with van der Waals surface area (Å²) in [4.78, 5) is 25.2. The van der Waals surface area contributed by atoms with Crippen LogP contribution in [0.15, 0.2) is 18.2 Å². The minimum Gasteiger partial charge on any atom is -0.453 e. The Bertz CT molecular complexity index is 553. The Balaban J connectivity index is 2.03. The summed E-state index contributed by atoms with van der Waals surface area (Å²) in [5.41, 5.74) is 0.233. The number of hydrogen-bond donors (Lipinski definition) is 1. The Labute approximate surface area is 127 Å². The number of piperidine rings is 1. The highest BCUT2D eigenvalue weighted by molar-refractivity contribution is 6.33. The van der Waals surface area contributed by atoms with Crippen molar-refractivity contribution in [1.82, 2.24) is 4.90 Å². The van der Waals surface area contributed by atoms with Crippen LogP contribution in [0, 0.1) is 11.7 Å². The normalized spacial score (nSPS) is 18.2. The molecule has 0 radical (unpaired) electrons. The average molecular weight is 315 g/mol. The van der Waals surface area contributed by atoms with Crippen molar-refractivity contribution in [2.45, 2.75) is 12.8 Å². The van der Waals surface area contributed by atoms with Gasteiger partial charge in [-0.2, -0.15) is 0 Å². The molecule has 1 fully saturated rings. The summed E-state index contributed by atoms with van der Waals surface area (Å²) >= 11 is 5.80. The van der Waals surface area contributed by atoms with E-state index < -0.39 is 11.9 Å². The van der Waals surface area contributed by atoms with Crippen LogP contribution >= 0.6 is 11.6 Å². The summed E-state index contributed by atoms with van der Waals surface area (Å²) in [6.45, 7) is 0.850. The molecule has 0 bridgehead atoms. The second kappa shape index (κ2) is 6.76. The zero-order valence-corrected chi connectivity index (χ0v) is 12.3. The highest BCUT2D eigenvalue weighted by Gasteiger charge is 2.29. The number of benzene rings is 1. The van der Waals surface area contributed by atoms with Gasteiger partial charge in [0.25, 0.3) is 0 Å². The predicted molar refractivity (Wildman–Crippen MR) is 76.7 cm³/mol. The van der Waals surface area contributed by atoms with Crippen molar-refractivity contribution in [3.63, 3.8) is 0 Å². The number of carbonyl (C=O) groups excluding carboxylic acids is 2. The van der Waals surface area contributed by atoms with Crippen LogP contribution in [0.3, 0.4) is 0 Å². The van der Waals surface area contributed by atoms with Gasteiger partial charge >= 0.3 is 6.09 Å².